The molecular formula is C18H21NO5S3. The molecule has 0 spiro atoms. The van der Waals surface area contributed by atoms with Crippen LogP contribution in [0, 0.1) is 6.92 Å². The standard InChI is InChI=1S/C18H21NO5S3/c1-13-5-3-4-6-16(13)25-12-18(21)24-11-15(20)17-8-7-14(26-17)9-10-19-27(2,22)23/h3-8,19H,9-12H2,1-2H3. The Morgan fingerprint density at radius 3 is 2.63 bits per heavy atom. The molecule has 6 nitrogen and oxygen atoms in total. The molecule has 2 aromatic rings. The molecule has 0 saturated carbocycles. The molecule has 0 fully saturated rings. The second-order valence-corrected chi connectivity index (χ2v) is 9.84. The number of thioether (sulfide) groups is 1. The maximum atomic E-state index is 12.1. The summed E-state index contributed by atoms with van der Waals surface area (Å²) in [5.74, 6) is -0.562. The minimum absolute atomic E-state index is 0.144. The number of Topliss-reactive ketones (excluding diaryl/α,β-unsaturated/α-hetero) is 1. The van der Waals surface area contributed by atoms with Gasteiger partial charge in [0.05, 0.1) is 16.9 Å². The number of nitrogens with one attached hydrogen (secondary N) is 1. The van der Waals surface area contributed by atoms with Gasteiger partial charge in [0.15, 0.2) is 6.61 Å². The topological polar surface area (TPSA) is 89.5 Å². The zero-order valence-corrected chi connectivity index (χ0v) is 17.5. The summed E-state index contributed by atoms with van der Waals surface area (Å²) < 4.78 is 29.5. The number of carbonyl (C=O) groups is 2. The minimum atomic E-state index is -3.22. The van der Waals surface area contributed by atoms with E-state index in [9.17, 15) is 18.0 Å². The van der Waals surface area contributed by atoms with Crippen molar-refractivity contribution >= 4 is 44.9 Å². The van der Waals surface area contributed by atoms with Gasteiger partial charge in [-0.1, -0.05) is 18.2 Å². The third kappa shape index (κ3) is 7.84. The molecule has 27 heavy (non-hydrogen) atoms. The summed E-state index contributed by atoms with van der Waals surface area (Å²) in [6.45, 7) is 1.95. The van der Waals surface area contributed by atoms with E-state index < -0.39 is 16.0 Å². The Morgan fingerprint density at radius 2 is 1.93 bits per heavy atom. The number of carbonyl (C=O) groups excluding carboxylic acids is 2. The first kappa shape index (κ1) is 21.6. The number of hydrogen-bond acceptors (Lipinski definition) is 7. The van der Waals surface area contributed by atoms with Gasteiger partial charge in [-0.15, -0.1) is 23.1 Å². The van der Waals surface area contributed by atoms with E-state index in [-0.39, 0.29) is 24.7 Å². The highest BCUT2D eigenvalue weighted by Crippen LogP contribution is 2.22. The van der Waals surface area contributed by atoms with Gasteiger partial charge in [0.1, 0.15) is 0 Å². The Bertz CT molecular complexity index is 905. The van der Waals surface area contributed by atoms with E-state index in [0.29, 0.717) is 11.3 Å². The van der Waals surface area contributed by atoms with E-state index in [1.54, 1.807) is 12.1 Å². The molecule has 1 heterocycles. The van der Waals surface area contributed by atoms with Crippen LogP contribution in [0.4, 0.5) is 0 Å². The quantitative estimate of drug-likeness (QED) is 0.356. The molecule has 0 aliphatic rings. The van der Waals surface area contributed by atoms with Gasteiger partial charge in [-0.05, 0) is 37.1 Å². The lowest BCUT2D eigenvalue weighted by atomic mass is 10.2. The Balaban J connectivity index is 1.75. The maximum Gasteiger partial charge on any atom is 0.316 e. The highest BCUT2D eigenvalue weighted by molar-refractivity contribution is 8.00. The lowest BCUT2D eigenvalue weighted by Crippen LogP contribution is -2.24. The summed E-state index contributed by atoms with van der Waals surface area (Å²) in [5, 5.41) is 0. The summed E-state index contributed by atoms with van der Waals surface area (Å²) >= 11 is 2.65. The molecule has 9 heteroatoms. The first-order valence-corrected chi connectivity index (χ1v) is 11.8. The van der Waals surface area contributed by atoms with Crippen LogP contribution in [0.3, 0.4) is 0 Å². The normalized spacial score (nSPS) is 11.3. The van der Waals surface area contributed by atoms with Crippen molar-refractivity contribution < 1.29 is 22.7 Å². The van der Waals surface area contributed by atoms with Crippen LogP contribution in [0.1, 0.15) is 20.1 Å². The minimum Gasteiger partial charge on any atom is -0.457 e. The highest BCUT2D eigenvalue weighted by atomic mass is 32.2. The van der Waals surface area contributed by atoms with Crippen molar-refractivity contribution in [1.29, 1.82) is 0 Å². The van der Waals surface area contributed by atoms with Crippen molar-refractivity contribution in [3.8, 4) is 0 Å². The van der Waals surface area contributed by atoms with Crippen molar-refractivity contribution in [1.82, 2.24) is 4.72 Å². The molecule has 0 aliphatic carbocycles. The van der Waals surface area contributed by atoms with Gasteiger partial charge in [0, 0.05) is 16.3 Å². The number of aryl methyl sites for hydroxylation is 1. The molecule has 0 saturated heterocycles. The smallest absolute Gasteiger partial charge is 0.316 e. The van der Waals surface area contributed by atoms with Crippen LogP contribution in [0.25, 0.3) is 0 Å². The molecule has 0 amide bonds. The molecule has 0 unspecified atom stereocenters. The van der Waals surface area contributed by atoms with E-state index in [4.69, 9.17) is 4.74 Å². The van der Waals surface area contributed by atoms with Gasteiger partial charge in [0.2, 0.25) is 15.8 Å². The van der Waals surface area contributed by atoms with E-state index in [1.807, 2.05) is 31.2 Å². The SMILES string of the molecule is Cc1ccccc1SCC(=O)OCC(=O)c1ccc(CCNS(C)(=O)=O)s1. The number of thiophene rings is 1. The number of ketones is 1. The van der Waals surface area contributed by atoms with Gasteiger partial charge < -0.3 is 4.74 Å². The predicted molar refractivity (Wildman–Crippen MR) is 108 cm³/mol. The van der Waals surface area contributed by atoms with Crippen LogP contribution in [-0.4, -0.2) is 45.3 Å². The van der Waals surface area contributed by atoms with E-state index in [2.05, 4.69) is 4.72 Å². The largest absolute Gasteiger partial charge is 0.457 e. The monoisotopic (exact) mass is 427 g/mol. The van der Waals surface area contributed by atoms with Crippen LogP contribution in [0.15, 0.2) is 41.3 Å². The molecule has 0 radical (unpaired) electrons. The molecular weight excluding hydrogens is 406 g/mol. The zero-order chi connectivity index (χ0) is 19.9. The first-order valence-electron chi connectivity index (χ1n) is 8.15. The molecule has 1 aromatic heterocycles. The molecule has 0 bridgehead atoms. The van der Waals surface area contributed by atoms with Crippen molar-refractivity contribution in [3.05, 3.63) is 51.7 Å². The Labute approximate surface area is 167 Å². The number of rotatable bonds is 10. The second-order valence-electron chi connectivity index (χ2n) is 5.82. The average molecular weight is 428 g/mol. The fourth-order valence-corrected chi connectivity index (χ4v) is 4.37. The van der Waals surface area contributed by atoms with Gasteiger partial charge >= 0.3 is 5.97 Å². The molecule has 1 aromatic carbocycles. The Hall–Kier alpha value is -1.68. The van der Waals surface area contributed by atoms with Crippen LogP contribution in [0.2, 0.25) is 0 Å². The lowest BCUT2D eigenvalue weighted by molar-refractivity contribution is -0.139. The fraction of sp³-hybridized carbons (Fsp3) is 0.333. The molecule has 0 atom stereocenters. The maximum absolute atomic E-state index is 12.1. The molecule has 2 rings (SSSR count). The van der Waals surface area contributed by atoms with Crippen molar-refractivity contribution in [2.45, 2.75) is 18.2 Å². The zero-order valence-electron chi connectivity index (χ0n) is 15.1. The predicted octanol–water partition coefficient (Wildman–Crippen LogP) is 2.67. The van der Waals surface area contributed by atoms with Gasteiger partial charge in [0.25, 0.3) is 0 Å². The van der Waals surface area contributed by atoms with Gasteiger partial charge in [-0.3, -0.25) is 9.59 Å². The third-order valence-electron chi connectivity index (χ3n) is 3.48. The summed E-state index contributed by atoms with van der Waals surface area (Å²) in [4.78, 5) is 26.4. The third-order valence-corrected chi connectivity index (χ3v) is 6.54. The summed E-state index contributed by atoms with van der Waals surface area (Å²) in [6, 6.07) is 11.2. The second kappa shape index (κ2) is 10.0. The molecule has 0 aliphatic heterocycles. The summed E-state index contributed by atoms with van der Waals surface area (Å²) in [5.41, 5.74) is 1.09. The van der Waals surface area contributed by atoms with Crippen LogP contribution < -0.4 is 4.72 Å². The Kier molecular flexibility index (Phi) is 8.03. The Morgan fingerprint density at radius 1 is 1.19 bits per heavy atom. The number of esters is 1. The highest BCUT2D eigenvalue weighted by Gasteiger charge is 2.13. The van der Waals surface area contributed by atoms with Crippen molar-refractivity contribution in [2.24, 2.45) is 0 Å². The number of sulfonamides is 1. The van der Waals surface area contributed by atoms with Crippen LogP contribution in [-0.2, 0) is 26.0 Å². The summed E-state index contributed by atoms with van der Waals surface area (Å²) in [6.07, 6.45) is 1.60. The molecule has 1 N–H and O–H groups in total. The summed E-state index contributed by atoms with van der Waals surface area (Å²) in [7, 11) is -3.22. The van der Waals surface area contributed by atoms with E-state index >= 15 is 0 Å². The van der Waals surface area contributed by atoms with Gasteiger partial charge in [-0.2, -0.15) is 0 Å². The number of hydrogen-bond donors (Lipinski definition) is 1. The number of ether oxygens (including phenoxy) is 1. The van der Waals surface area contributed by atoms with Gasteiger partial charge in [-0.25, -0.2) is 13.1 Å². The fourth-order valence-electron chi connectivity index (χ4n) is 2.14. The van der Waals surface area contributed by atoms with Crippen molar-refractivity contribution in [2.75, 3.05) is 25.2 Å². The van der Waals surface area contributed by atoms with Crippen LogP contribution >= 0.6 is 23.1 Å². The number of benzene rings is 1. The van der Waals surface area contributed by atoms with E-state index in [0.717, 1.165) is 21.6 Å². The average Bonchev–Trinajstić information content (AvgIpc) is 3.07. The van der Waals surface area contributed by atoms with E-state index in [1.165, 1.54) is 23.1 Å². The lowest BCUT2D eigenvalue weighted by Gasteiger charge is -2.05. The van der Waals surface area contributed by atoms with Crippen LogP contribution in [0.5, 0.6) is 0 Å². The first-order chi connectivity index (χ1) is 12.7. The molecule has 146 valence electrons. The van der Waals surface area contributed by atoms with Crippen molar-refractivity contribution in [3.63, 3.8) is 0 Å².